The van der Waals surface area contributed by atoms with Gasteiger partial charge in [0.2, 0.25) is 0 Å². The Balaban J connectivity index is 2.56. The average molecular weight is 228 g/mol. The lowest BCUT2D eigenvalue weighted by Gasteiger charge is -2.05. The number of amides is 1. The van der Waals surface area contributed by atoms with Crippen molar-refractivity contribution in [3.8, 4) is 0 Å². The maximum Gasteiger partial charge on any atom is 0.259 e. The summed E-state index contributed by atoms with van der Waals surface area (Å²) in [5.41, 5.74) is 3.00. The highest BCUT2D eigenvalue weighted by molar-refractivity contribution is 7.99. The summed E-state index contributed by atoms with van der Waals surface area (Å²) in [4.78, 5) is 11.7. The summed E-state index contributed by atoms with van der Waals surface area (Å²) < 4.78 is 1.22. The van der Waals surface area contributed by atoms with Crippen LogP contribution in [0, 0.1) is 6.92 Å². The smallest absolute Gasteiger partial charge is 0.259 e. The van der Waals surface area contributed by atoms with Crippen molar-refractivity contribution in [2.75, 3.05) is 10.7 Å². The Morgan fingerprint density at radius 3 is 2.86 bits per heavy atom. The fraction of sp³-hybridized carbons (Fsp3) is 0.300. The molecule has 0 spiro atoms. The molecule has 2 nitrogen and oxygen atoms in total. The Kier molecular flexibility index (Phi) is 2.45. The van der Waals surface area contributed by atoms with Gasteiger partial charge in [-0.1, -0.05) is 17.7 Å². The molecule has 1 aliphatic rings. The molecule has 4 heteroatoms. The molecule has 1 heterocycles. The molecule has 0 N–H and O–H groups in total. The minimum atomic E-state index is -0.137. The number of nitrogens with zero attached hydrogens (tertiary/aromatic N) is 1. The molecule has 0 saturated heterocycles. The van der Waals surface area contributed by atoms with E-state index < -0.39 is 0 Å². The van der Waals surface area contributed by atoms with Gasteiger partial charge in [0.25, 0.3) is 5.91 Å². The first-order valence-electron chi connectivity index (χ1n) is 4.28. The van der Waals surface area contributed by atoms with Crippen molar-refractivity contribution in [1.29, 1.82) is 0 Å². The maximum atomic E-state index is 11.7. The fourth-order valence-corrected chi connectivity index (χ4v) is 2.70. The predicted molar refractivity (Wildman–Crippen MR) is 60.8 cm³/mol. The van der Waals surface area contributed by atoms with E-state index >= 15 is 0 Å². The molecule has 74 valence electrons. The van der Waals surface area contributed by atoms with Crippen LogP contribution in [0.2, 0.25) is 0 Å². The second-order valence-corrected chi connectivity index (χ2v) is 4.58. The van der Waals surface area contributed by atoms with E-state index in [4.69, 9.17) is 11.8 Å². The van der Waals surface area contributed by atoms with Gasteiger partial charge < -0.3 is 0 Å². The summed E-state index contributed by atoms with van der Waals surface area (Å²) in [6.45, 7) is 2.01. The minimum Gasteiger partial charge on any atom is -0.271 e. The molecule has 1 aliphatic heterocycles. The van der Waals surface area contributed by atoms with Crippen LogP contribution in [0.3, 0.4) is 0 Å². The lowest BCUT2D eigenvalue weighted by molar-refractivity contribution is -0.116. The van der Waals surface area contributed by atoms with E-state index in [1.54, 1.807) is 0 Å². The van der Waals surface area contributed by atoms with Gasteiger partial charge in [-0.2, -0.15) is 0 Å². The number of thioether (sulfide) groups is 1. The Morgan fingerprint density at radius 1 is 1.50 bits per heavy atom. The molecule has 0 bridgehead atoms. The van der Waals surface area contributed by atoms with E-state index in [1.165, 1.54) is 16.2 Å². The van der Waals surface area contributed by atoms with Crippen molar-refractivity contribution < 1.29 is 4.79 Å². The second-order valence-electron chi connectivity index (χ2n) is 3.30. The lowest BCUT2D eigenvalue weighted by Crippen LogP contribution is -2.16. The largest absolute Gasteiger partial charge is 0.271 e. The van der Waals surface area contributed by atoms with Crippen LogP contribution in [0.1, 0.15) is 16.4 Å². The molecule has 1 aromatic rings. The Morgan fingerprint density at radius 2 is 2.21 bits per heavy atom. The minimum absolute atomic E-state index is 0.0419. The molecule has 0 fully saturated rings. The first-order chi connectivity index (χ1) is 6.65. The van der Waals surface area contributed by atoms with Crippen LogP contribution in [-0.4, -0.2) is 12.2 Å². The molecule has 1 atom stereocenters. The van der Waals surface area contributed by atoms with Gasteiger partial charge in [-0.3, -0.25) is 4.79 Å². The zero-order valence-electron chi connectivity index (χ0n) is 7.95. The van der Waals surface area contributed by atoms with E-state index in [0.29, 0.717) is 0 Å². The first kappa shape index (κ1) is 9.87. The van der Waals surface area contributed by atoms with Crippen molar-refractivity contribution in [1.82, 2.24) is 0 Å². The number of carbonyl (C=O) groups excluding carboxylic acids is 1. The highest BCUT2D eigenvalue weighted by Crippen LogP contribution is 2.43. The second kappa shape index (κ2) is 3.48. The molecule has 1 aromatic carbocycles. The number of rotatable bonds is 1. The van der Waals surface area contributed by atoms with Gasteiger partial charge in [-0.25, -0.2) is 4.42 Å². The summed E-state index contributed by atoms with van der Waals surface area (Å²) in [5, 5.41) is -0.137. The number of anilines is 1. The van der Waals surface area contributed by atoms with Crippen molar-refractivity contribution in [2.45, 2.75) is 12.2 Å². The van der Waals surface area contributed by atoms with Crippen LogP contribution in [0.15, 0.2) is 18.2 Å². The normalized spacial score (nSPS) is 20.1. The van der Waals surface area contributed by atoms with Gasteiger partial charge in [0.15, 0.2) is 0 Å². The highest BCUT2D eigenvalue weighted by Gasteiger charge is 2.35. The fourth-order valence-electron chi connectivity index (χ4n) is 1.65. The molecule has 2 rings (SSSR count). The molecular formula is C10H10ClNOS. The van der Waals surface area contributed by atoms with Crippen LogP contribution in [0.4, 0.5) is 5.69 Å². The van der Waals surface area contributed by atoms with Gasteiger partial charge in [-0.15, -0.1) is 11.8 Å². The third kappa shape index (κ3) is 1.31. The molecule has 0 radical (unpaired) electrons. The van der Waals surface area contributed by atoms with E-state index in [0.717, 1.165) is 16.8 Å². The van der Waals surface area contributed by atoms with E-state index in [9.17, 15) is 4.79 Å². The first-order valence-corrected chi connectivity index (χ1v) is 5.91. The van der Waals surface area contributed by atoms with Crippen LogP contribution >= 0.6 is 23.5 Å². The summed E-state index contributed by atoms with van der Waals surface area (Å²) in [6, 6.07) is 5.88. The van der Waals surface area contributed by atoms with Gasteiger partial charge in [0.05, 0.1) is 5.69 Å². The Bertz CT molecular complexity index is 394. The van der Waals surface area contributed by atoms with Gasteiger partial charge in [0, 0.05) is 11.8 Å². The lowest BCUT2D eigenvalue weighted by atomic mass is 10.1. The van der Waals surface area contributed by atoms with Gasteiger partial charge >= 0.3 is 0 Å². The maximum absolute atomic E-state index is 11.7. The predicted octanol–water partition coefficient (Wildman–Crippen LogP) is 2.90. The molecule has 0 aromatic heterocycles. The van der Waals surface area contributed by atoms with E-state index in [-0.39, 0.29) is 11.2 Å². The molecule has 14 heavy (non-hydrogen) atoms. The Labute approximate surface area is 92.3 Å². The zero-order valence-corrected chi connectivity index (χ0v) is 9.52. The quantitative estimate of drug-likeness (QED) is 0.688. The SMILES string of the molecule is CSC1C(=O)N(Cl)c2ccc(C)cc21. The third-order valence-electron chi connectivity index (χ3n) is 2.33. The molecule has 1 amide bonds. The third-order valence-corrected chi connectivity index (χ3v) is 3.61. The molecule has 1 unspecified atom stereocenters. The molecular weight excluding hydrogens is 218 g/mol. The summed E-state index contributed by atoms with van der Waals surface area (Å²) in [6.07, 6.45) is 1.92. The van der Waals surface area contributed by atoms with Gasteiger partial charge in [-0.05, 0) is 24.8 Å². The standard InChI is InChI=1S/C10H10ClNOS/c1-6-3-4-8-7(5-6)9(14-2)10(13)12(8)11/h3-5,9H,1-2H3. The van der Waals surface area contributed by atoms with E-state index in [1.807, 2.05) is 31.4 Å². The summed E-state index contributed by atoms with van der Waals surface area (Å²) in [5.74, 6) is -0.0419. The number of halogens is 1. The Hall–Kier alpha value is -0.670. The summed E-state index contributed by atoms with van der Waals surface area (Å²) in [7, 11) is 0. The molecule has 0 aliphatic carbocycles. The van der Waals surface area contributed by atoms with Crippen LogP contribution in [0.25, 0.3) is 0 Å². The van der Waals surface area contributed by atoms with E-state index in [2.05, 4.69) is 0 Å². The monoisotopic (exact) mass is 227 g/mol. The van der Waals surface area contributed by atoms with Crippen LogP contribution < -0.4 is 4.42 Å². The number of hydrogen-bond acceptors (Lipinski definition) is 2. The van der Waals surface area contributed by atoms with Gasteiger partial charge in [0.1, 0.15) is 5.25 Å². The number of fused-ring (bicyclic) bond motifs is 1. The van der Waals surface area contributed by atoms with Crippen molar-refractivity contribution in [3.05, 3.63) is 29.3 Å². The number of carbonyl (C=O) groups is 1. The van der Waals surface area contributed by atoms with Crippen molar-refractivity contribution >= 4 is 35.1 Å². The van der Waals surface area contributed by atoms with Crippen LogP contribution in [0.5, 0.6) is 0 Å². The van der Waals surface area contributed by atoms with Crippen molar-refractivity contribution in [3.63, 3.8) is 0 Å². The number of benzene rings is 1. The topological polar surface area (TPSA) is 20.3 Å². The molecule has 0 saturated carbocycles. The zero-order chi connectivity index (χ0) is 10.3. The number of aryl methyl sites for hydroxylation is 1. The van der Waals surface area contributed by atoms with Crippen molar-refractivity contribution in [2.24, 2.45) is 0 Å². The van der Waals surface area contributed by atoms with Crippen LogP contribution in [-0.2, 0) is 4.79 Å². The summed E-state index contributed by atoms with van der Waals surface area (Å²) >= 11 is 7.41. The number of hydrogen-bond donors (Lipinski definition) is 0. The average Bonchev–Trinajstić information content (AvgIpc) is 2.39. The highest BCUT2D eigenvalue weighted by atomic mass is 35.5.